The normalized spacial score (nSPS) is 15.5. The largest absolute Gasteiger partial charge is 0.352 e. The highest BCUT2D eigenvalue weighted by molar-refractivity contribution is 6.28. The van der Waals surface area contributed by atoms with Gasteiger partial charge in [-0.15, -0.1) is 12.4 Å². The Labute approximate surface area is 151 Å². The molecular weight excluding hydrogens is 347 g/mol. The van der Waals surface area contributed by atoms with E-state index in [9.17, 15) is 0 Å². The molecule has 1 aromatic carbocycles. The first-order chi connectivity index (χ1) is 11.3. The van der Waals surface area contributed by atoms with Crippen LogP contribution in [0.15, 0.2) is 36.7 Å². The molecule has 2 aromatic heterocycles. The van der Waals surface area contributed by atoms with Gasteiger partial charge in [-0.2, -0.15) is 9.97 Å². The summed E-state index contributed by atoms with van der Waals surface area (Å²) in [4.78, 5) is 20.5. The van der Waals surface area contributed by atoms with Gasteiger partial charge in [0.2, 0.25) is 5.28 Å². The standard InChI is InChI=1S/C16H17ClN6.ClH/c17-16-20-14-13(18-11-19-14)15(21-16)23-8-6-22(7-9-23)10-12-4-2-1-3-5-12;/h1-5,11H,6-10H2,(H,18,19,20,21);1H. The molecule has 8 heteroatoms. The fourth-order valence-electron chi connectivity index (χ4n) is 2.98. The van der Waals surface area contributed by atoms with Gasteiger partial charge in [-0.3, -0.25) is 4.90 Å². The first-order valence-electron chi connectivity index (χ1n) is 7.67. The van der Waals surface area contributed by atoms with E-state index in [0.29, 0.717) is 5.65 Å². The number of aromatic amines is 1. The molecular formula is C16H18Cl2N6. The summed E-state index contributed by atoms with van der Waals surface area (Å²) >= 11 is 6.02. The number of nitrogens with zero attached hydrogens (tertiary/aromatic N) is 5. The van der Waals surface area contributed by atoms with Crippen molar-refractivity contribution in [2.75, 3.05) is 31.1 Å². The Kier molecular flexibility index (Phi) is 5.18. The van der Waals surface area contributed by atoms with Gasteiger partial charge in [-0.1, -0.05) is 30.3 Å². The van der Waals surface area contributed by atoms with Crippen molar-refractivity contribution in [3.63, 3.8) is 0 Å². The molecule has 0 saturated carbocycles. The van der Waals surface area contributed by atoms with Crippen LogP contribution in [0.4, 0.5) is 5.82 Å². The lowest BCUT2D eigenvalue weighted by Crippen LogP contribution is -2.46. The number of H-pyrrole nitrogens is 1. The SMILES string of the molecule is Cl.Clc1nc(N2CCN(Cc3ccccc3)CC2)c2[nH]cnc2n1. The minimum Gasteiger partial charge on any atom is -0.352 e. The van der Waals surface area contributed by atoms with Crippen molar-refractivity contribution in [1.29, 1.82) is 0 Å². The molecule has 3 heterocycles. The highest BCUT2D eigenvalue weighted by Crippen LogP contribution is 2.24. The van der Waals surface area contributed by atoms with Gasteiger partial charge < -0.3 is 9.88 Å². The van der Waals surface area contributed by atoms with Crippen molar-refractivity contribution >= 4 is 41.0 Å². The minimum absolute atomic E-state index is 0. The van der Waals surface area contributed by atoms with E-state index in [1.165, 1.54) is 5.56 Å². The monoisotopic (exact) mass is 364 g/mol. The second-order valence-corrected chi connectivity index (χ2v) is 6.00. The molecule has 0 amide bonds. The van der Waals surface area contributed by atoms with Crippen molar-refractivity contribution in [2.45, 2.75) is 6.54 Å². The maximum atomic E-state index is 6.02. The summed E-state index contributed by atoms with van der Waals surface area (Å²) in [6.07, 6.45) is 1.63. The van der Waals surface area contributed by atoms with Crippen LogP contribution in [-0.2, 0) is 6.54 Å². The number of benzene rings is 1. The first-order valence-corrected chi connectivity index (χ1v) is 8.05. The van der Waals surface area contributed by atoms with Gasteiger partial charge in [0.25, 0.3) is 0 Å². The number of hydrogen-bond donors (Lipinski definition) is 1. The van der Waals surface area contributed by atoms with E-state index in [4.69, 9.17) is 11.6 Å². The summed E-state index contributed by atoms with van der Waals surface area (Å²) in [6, 6.07) is 10.6. The molecule has 1 N–H and O–H groups in total. The number of hydrogen-bond acceptors (Lipinski definition) is 5. The molecule has 0 radical (unpaired) electrons. The van der Waals surface area contributed by atoms with Crippen molar-refractivity contribution in [2.24, 2.45) is 0 Å². The van der Waals surface area contributed by atoms with Gasteiger partial charge in [-0.05, 0) is 17.2 Å². The number of piperazine rings is 1. The Hall–Kier alpha value is -1.89. The van der Waals surface area contributed by atoms with Gasteiger partial charge in [0, 0.05) is 32.7 Å². The van der Waals surface area contributed by atoms with Crippen LogP contribution < -0.4 is 4.90 Å². The number of anilines is 1. The van der Waals surface area contributed by atoms with Crippen LogP contribution in [-0.4, -0.2) is 51.0 Å². The quantitative estimate of drug-likeness (QED) is 0.724. The maximum Gasteiger partial charge on any atom is 0.226 e. The van der Waals surface area contributed by atoms with Crippen LogP contribution in [0.3, 0.4) is 0 Å². The summed E-state index contributed by atoms with van der Waals surface area (Å²) in [7, 11) is 0. The second kappa shape index (κ2) is 7.34. The minimum atomic E-state index is 0. The number of halogens is 2. The zero-order chi connectivity index (χ0) is 15.6. The molecule has 24 heavy (non-hydrogen) atoms. The summed E-state index contributed by atoms with van der Waals surface area (Å²) in [5, 5.41) is 0.242. The number of fused-ring (bicyclic) bond motifs is 1. The zero-order valence-electron chi connectivity index (χ0n) is 13.0. The number of nitrogens with one attached hydrogen (secondary N) is 1. The van der Waals surface area contributed by atoms with Gasteiger partial charge >= 0.3 is 0 Å². The highest BCUT2D eigenvalue weighted by Gasteiger charge is 2.21. The van der Waals surface area contributed by atoms with Gasteiger partial charge in [0.1, 0.15) is 5.52 Å². The summed E-state index contributed by atoms with van der Waals surface area (Å²) in [5.41, 5.74) is 2.82. The lowest BCUT2D eigenvalue weighted by molar-refractivity contribution is 0.249. The van der Waals surface area contributed by atoms with Crippen LogP contribution in [0.2, 0.25) is 5.28 Å². The number of rotatable bonds is 3. The predicted octanol–water partition coefficient (Wildman–Crippen LogP) is 2.75. The molecule has 1 fully saturated rings. The molecule has 4 rings (SSSR count). The maximum absolute atomic E-state index is 6.02. The van der Waals surface area contributed by atoms with E-state index >= 15 is 0 Å². The van der Waals surface area contributed by atoms with Crippen molar-refractivity contribution in [3.8, 4) is 0 Å². The molecule has 0 atom stereocenters. The summed E-state index contributed by atoms with van der Waals surface area (Å²) in [5.74, 6) is 0.844. The molecule has 0 bridgehead atoms. The number of aromatic nitrogens is 4. The lowest BCUT2D eigenvalue weighted by Gasteiger charge is -2.35. The van der Waals surface area contributed by atoms with Crippen molar-refractivity contribution in [3.05, 3.63) is 47.5 Å². The van der Waals surface area contributed by atoms with E-state index in [2.05, 4.69) is 60.1 Å². The highest BCUT2D eigenvalue weighted by atomic mass is 35.5. The average Bonchev–Trinajstić information content (AvgIpc) is 3.04. The van der Waals surface area contributed by atoms with Gasteiger partial charge in [0.15, 0.2) is 11.5 Å². The molecule has 6 nitrogen and oxygen atoms in total. The molecule has 0 aliphatic carbocycles. The Bertz CT molecular complexity index is 799. The average molecular weight is 365 g/mol. The molecule has 1 saturated heterocycles. The molecule has 1 aliphatic rings. The van der Waals surface area contributed by atoms with Crippen LogP contribution in [0.25, 0.3) is 11.2 Å². The molecule has 0 spiro atoms. The topological polar surface area (TPSA) is 60.9 Å². The van der Waals surface area contributed by atoms with Crippen molar-refractivity contribution in [1.82, 2.24) is 24.8 Å². The van der Waals surface area contributed by atoms with E-state index in [0.717, 1.165) is 44.1 Å². The van der Waals surface area contributed by atoms with Gasteiger partial charge in [-0.25, -0.2) is 4.98 Å². The fourth-order valence-corrected chi connectivity index (χ4v) is 3.14. The Morgan fingerprint density at radius 1 is 1.04 bits per heavy atom. The fraction of sp³-hybridized carbons (Fsp3) is 0.312. The third kappa shape index (κ3) is 3.45. The molecule has 126 valence electrons. The van der Waals surface area contributed by atoms with Crippen LogP contribution in [0.5, 0.6) is 0 Å². The summed E-state index contributed by atoms with van der Waals surface area (Å²) in [6.45, 7) is 4.79. The Morgan fingerprint density at radius 2 is 1.79 bits per heavy atom. The Morgan fingerprint density at radius 3 is 2.54 bits per heavy atom. The smallest absolute Gasteiger partial charge is 0.226 e. The third-order valence-electron chi connectivity index (χ3n) is 4.16. The molecule has 0 unspecified atom stereocenters. The van der Waals surface area contributed by atoms with Crippen LogP contribution in [0.1, 0.15) is 5.56 Å². The van der Waals surface area contributed by atoms with E-state index in [-0.39, 0.29) is 17.7 Å². The van der Waals surface area contributed by atoms with E-state index < -0.39 is 0 Å². The zero-order valence-corrected chi connectivity index (χ0v) is 14.6. The van der Waals surface area contributed by atoms with E-state index in [1.807, 2.05) is 0 Å². The predicted molar refractivity (Wildman–Crippen MR) is 97.9 cm³/mol. The lowest BCUT2D eigenvalue weighted by atomic mass is 10.2. The third-order valence-corrected chi connectivity index (χ3v) is 4.33. The van der Waals surface area contributed by atoms with E-state index in [1.54, 1.807) is 6.33 Å². The first kappa shape index (κ1) is 17.0. The van der Waals surface area contributed by atoms with Crippen LogP contribution in [0, 0.1) is 0 Å². The molecule has 1 aliphatic heterocycles. The number of imidazole rings is 1. The summed E-state index contributed by atoms with van der Waals surface area (Å²) < 4.78 is 0. The Balaban J connectivity index is 0.00000169. The van der Waals surface area contributed by atoms with Crippen LogP contribution >= 0.6 is 24.0 Å². The molecule has 3 aromatic rings. The van der Waals surface area contributed by atoms with Crippen molar-refractivity contribution < 1.29 is 0 Å². The van der Waals surface area contributed by atoms with Gasteiger partial charge in [0.05, 0.1) is 6.33 Å². The second-order valence-electron chi connectivity index (χ2n) is 5.67.